The summed E-state index contributed by atoms with van der Waals surface area (Å²) in [4.78, 5) is 13.8. The summed E-state index contributed by atoms with van der Waals surface area (Å²) in [5, 5.41) is 0. The molecule has 2 heteroatoms. The third kappa shape index (κ3) is 2.68. The predicted molar refractivity (Wildman–Crippen MR) is 69.8 cm³/mol. The molecule has 0 spiro atoms. The average molecular weight is 231 g/mol. The van der Waals surface area contributed by atoms with E-state index in [1.165, 1.54) is 5.56 Å². The van der Waals surface area contributed by atoms with Gasteiger partial charge in [-0.3, -0.25) is 4.79 Å². The summed E-state index contributed by atoms with van der Waals surface area (Å²) < 4.78 is 0. The highest BCUT2D eigenvalue weighted by atomic mass is 16.2. The minimum Gasteiger partial charge on any atom is -0.337 e. The average Bonchev–Trinajstić information content (AvgIpc) is 2.73. The van der Waals surface area contributed by atoms with Crippen LogP contribution < -0.4 is 0 Å². The molecule has 0 aliphatic carbocycles. The first-order valence-corrected chi connectivity index (χ1v) is 6.55. The highest BCUT2D eigenvalue weighted by molar-refractivity contribution is 5.74. The number of carbonyl (C=O) groups is 1. The molecule has 1 aromatic carbocycles. The maximum atomic E-state index is 11.7. The second kappa shape index (κ2) is 5.35. The van der Waals surface area contributed by atoms with Crippen molar-refractivity contribution in [3.63, 3.8) is 0 Å². The molecule has 1 aliphatic rings. The van der Waals surface area contributed by atoms with Gasteiger partial charge in [0, 0.05) is 19.0 Å². The summed E-state index contributed by atoms with van der Waals surface area (Å²) >= 11 is 0. The van der Waals surface area contributed by atoms with Crippen molar-refractivity contribution in [3.05, 3.63) is 35.9 Å². The van der Waals surface area contributed by atoms with Gasteiger partial charge in [-0.25, -0.2) is 0 Å². The van der Waals surface area contributed by atoms with Crippen LogP contribution in [0.15, 0.2) is 30.3 Å². The van der Waals surface area contributed by atoms with Gasteiger partial charge in [-0.2, -0.15) is 0 Å². The van der Waals surface area contributed by atoms with Crippen molar-refractivity contribution in [3.8, 4) is 0 Å². The fourth-order valence-corrected chi connectivity index (χ4v) is 2.96. The largest absolute Gasteiger partial charge is 0.337 e. The minimum atomic E-state index is 0.232. The van der Waals surface area contributed by atoms with E-state index < -0.39 is 0 Å². The van der Waals surface area contributed by atoms with E-state index in [1.54, 1.807) is 6.92 Å². The first kappa shape index (κ1) is 12.2. The molecular formula is C15H21NO. The summed E-state index contributed by atoms with van der Waals surface area (Å²) in [6.07, 6.45) is 4.38. The van der Waals surface area contributed by atoms with Crippen LogP contribution in [0.4, 0.5) is 0 Å². The van der Waals surface area contributed by atoms with E-state index >= 15 is 0 Å². The first-order chi connectivity index (χ1) is 8.22. The number of likely N-dealkylation sites (tertiary alicyclic amines) is 1. The van der Waals surface area contributed by atoms with Crippen LogP contribution in [-0.4, -0.2) is 22.9 Å². The molecule has 2 nitrogen and oxygen atoms in total. The van der Waals surface area contributed by atoms with Gasteiger partial charge in [0.05, 0.1) is 0 Å². The number of hydrogen-bond acceptors (Lipinski definition) is 1. The first-order valence-electron chi connectivity index (χ1n) is 6.55. The summed E-state index contributed by atoms with van der Waals surface area (Å²) in [7, 11) is 0. The molecule has 0 N–H and O–H groups in total. The molecular weight excluding hydrogens is 210 g/mol. The molecule has 0 unspecified atom stereocenters. The molecule has 2 atom stereocenters. The highest BCUT2D eigenvalue weighted by Crippen LogP contribution is 2.28. The van der Waals surface area contributed by atoms with Crippen molar-refractivity contribution in [2.45, 2.75) is 51.6 Å². The maximum absolute atomic E-state index is 11.7. The van der Waals surface area contributed by atoms with Crippen LogP contribution in [0.2, 0.25) is 0 Å². The molecule has 92 valence electrons. The number of carbonyl (C=O) groups excluding carboxylic acids is 1. The lowest BCUT2D eigenvalue weighted by atomic mass is 10.0. The molecule has 0 radical (unpaired) electrons. The molecule has 0 aromatic heterocycles. The second-order valence-electron chi connectivity index (χ2n) is 4.91. The molecule has 1 aliphatic heterocycles. The van der Waals surface area contributed by atoms with E-state index in [-0.39, 0.29) is 5.91 Å². The number of hydrogen-bond donors (Lipinski definition) is 0. The van der Waals surface area contributed by atoms with Crippen molar-refractivity contribution in [2.75, 3.05) is 0 Å². The quantitative estimate of drug-likeness (QED) is 0.783. The Hall–Kier alpha value is -1.31. The molecule has 1 aromatic rings. The minimum absolute atomic E-state index is 0.232. The van der Waals surface area contributed by atoms with E-state index in [1.807, 2.05) is 6.07 Å². The molecule has 0 bridgehead atoms. The summed E-state index contributed by atoms with van der Waals surface area (Å²) in [5.74, 6) is 0.232. The van der Waals surface area contributed by atoms with Crippen LogP contribution in [0.1, 0.15) is 38.7 Å². The van der Waals surface area contributed by atoms with Crippen molar-refractivity contribution in [1.29, 1.82) is 0 Å². The zero-order chi connectivity index (χ0) is 12.3. The second-order valence-corrected chi connectivity index (χ2v) is 4.91. The van der Waals surface area contributed by atoms with Gasteiger partial charge in [0.15, 0.2) is 0 Å². The van der Waals surface area contributed by atoms with Crippen molar-refractivity contribution < 1.29 is 4.79 Å². The highest BCUT2D eigenvalue weighted by Gasteiger charge is 2.33. The SMILES string of the molecule is CC[C@@H]1CC[C@H](Cc2ccccc2)N1C(C)=O. The van der Waals surface area contributed by atoms with Crippen molar-refractivity contribution >= 4 is 5.91 Å². The number of amides is 1. The van der Waals surface area contributed by atoms with Gasteiger partial charge in [0.2, 0.25) is 5.91 Å². The zero-order valence-corrected chi connectivity index (χ0v) is 10.7. The fraction of sp³-hybridized carbons (Fsp3) is 0.533. The van der Waals surface area contributed by atoms with Crippen molar-refractivity contribution in [2.24, 2.45) is 0 Å². The van der Waals surface area contributed by atoms with Gasteiger partial charge in [-0.15, -0.1) is 0 Å². The molecule has 1 saturated heterocycles. The van der Waals surface area contributed by atoms with Crippen LogP contribution >= 0.6 is 0 Å². The lowest BCUT2D eigenvalue weighted by Gasteiger charge is -2.29. The van der Waals surface area contributed by atoms with Gasteiger partial charge in [-0.05, 0) is 31.2 Å². The Labute approximate surface area is 104 Å². The van der Waals surface area contributed by atoms with Crippen LogP contribution in [-0.2, 0) is 11.2 Å². The molecule has 0 saturated carbocycles. The Morgan fingerprint density at radius 1 is 1.24 bits per heavy atom. The van der Waals surface area contributed by atoms with Gasteiger partial charge in [0.1, 0.15) is 0 Å². The Kier molecular flexibility index (Phi) is 3.82. The summed E-state index contributed by atoms with van der Waals surface area (Å²) in [5.41, 5.74) is 1.33. The molecule has 1 heterocycles. The smallest absolute Gasteiger partial charge is 0.219 e. The molecule has 1 amide bonds. The predicted octanol–water partition coefficient (Wildman–Crippen LogP) is 3.02. The van der Waals surface area contributed by atoms with Crippen LogP contribution in [0.3, 0.4) is 0 Å². The van der Waals surface area contributed by atoms with Gasteiger partial charge in [0.25, 0.3) is 0 Å². The topological polar surface area (TPSA) is 20.3 Å². The van der Waals surface area contributed by atoms with Crippen molar-refractivity contribution in [1.82, 2.24) is 4.90 Å². The van der Waals surface area contributed by atoms with E-state index in [0.717, 1.165) is 25.7 Å². The molecule has 2 rings (SSSR count). The molecule has 17 heavy (non-hydrogen) atoms. The number of benzene rings is 1. The van der Waals surface area contributed by atoms with Gasteiger partial charge >= 0.3 is 0 Å². The number of nitrogens with zero attached hydrogens (tertiary/aromatic N) is 1. The van der Waals surface area contributed by atoms with E-state index in [4.69, 9.17) is 0 Å². The van der Waals surface area contributed by atoms with E-state index in [2.05, 4.69) is 36.1 Å². The monoisotopic (exact) mass is 231 g/mol. The Morgan fingerprint density at radius 2 is 1.88 bits per heavy atom. The van der Waals surface area contributed by atoms with Gasteiger partial charge in [-0.1, -0.05) is 37.3 Å². The van der Waals surface area contributed by atoms with Crippen LogP contribution in [0.5, 0.6) is 0 Å². The lowest BCUT2D eigenvalue weighted by Crippen LogP contribution is -2.40. The Morgan fingerprint density at radius 3 is 2.47 bits per heavy atom. The summed E-state index contributed by atoms with van der Waals surface area (Å²) in [6, 6.07) is 11.3. The fourth-order valence-electron chi connectivity index (χ4n) is 2.96. The zero-order valence-electron chi connectivity index (χ0n) is 10.7. The lowest BCUT2D eigenvalue weighted by molar-refractivity contribution is -0.131. The van der Waals surface area contributed by atoms with Gasteiger partial charge < -0.3 is 4.90 Å². The maximum Gasteiger partial charge on any atom is 0.219 e. The third-order valence-corrected chi connectivity index (χ3v) is 3.77. The number of rotatable bonds is 3. The van der Waals surface area contributed by atoms with Crippen LogP contribution in [0, 0.1) is 0 Å². The van der Waals surface area contributed by atoms with E-state index in [9.17, 15) is 4.79 Å². The normalized spacial score (nSPS) is 24.0. The Balaban J connectivity index is 2.08. The Bertz CT molecular complexity index is 374. The van der Waals surface area contributed by atoms with E-state index in [0.29, 0.717) is 12.1 Å². The standard InChI is InChI=1S/C15H21NO/c1-3-14-9-10-15(16(14)12(2)17)11-13-7-5-4-6-8-13/h4-8,14-15H,3,9-11H2,1-2H3/t14-,15-/m1/s1. The van der Waals surface area contributed by atoms with Crippen LogP contribution in [0.25, 0.3) is 0 Å². The molecule has 1 fully saturated rings. The third-order valence-electron chi connectivity index (χ3n) is 3.77. The summed E-state index contributed by atoms with van der Waals surface area (Å²) in [6.45, 7) is 3.87.